The van der Waals surface area contributed by atoms with Crippen LogP contribution in [0.4, 0.5) is 4.39 Å². The summed E-state index contributed by atoms with van der Waals surface area (Å²) in [6.07, 6.45) is 4.91. The summed E-state index contributed by atoms with van der Waals surface area (Å²) in [6, 6.07) is 13.7. The molecule has 2 rings (SSSR count). The van der Waals surface area contributed by atoms with Gasteiger partial charge in [0.15, 0.2) is 6.61 Å². The molecule has 0 radical (unpaired) electrons. The molecule has 0 fully saturated rings. The summed E-state index contributed by atoms with van der Waals surface area (Å²) in [6.45, 7) is -0.119. The normalized spacial score (nSPS) is 10.7. The van der Waals surface area contributed by atoms with Crippen molar-refractivity contribution in [3.63, 3.8) is 0 Å². The van der Waals surface area contributed by atoms with E-state index in [1.165, 1.54) is 23.1 Å². The van der Waals surface area contributed by atoms with Gasteiger partial charge in [0.25, 0.3) is 5.91 Å². The highest BCUT2D eigenvalue weighted by molar-refractivity contribution is 7.98. The molecule has 2 aromatic carbocycles. The third-order valence-electron chi connectivity index (χ3n) is 3.60. The van der Waals surface area contributed by atoms with E-state index < -0.39 is 5.97 Å². The predicted octanol–water partition coefficient (Wildman–Crippen LogP) is 3.76. The molecule has 1 amide bonds. The lowest BCUT2D eigenvalue weighted by Gasteiger charge is -2.17. The monoisotopic (exact) mass is 373 g/mol. The number of esters is 1. The van der Waals surface area contributed by atoms with Gasteiger partial charge in [0.1, 0.15) is 5.82 Å². The summed E-state index contributed by atoms with van der Waals surface area (Å²) in [5.74, 6) is -1.31. The van der Waals surface area contributed by atoms with E-state index in [1.807, 2.05) is 30.5 Å². The first-order chi connectivity index (χ1) is 12.5. The molecule has 0 atom stereocenters. The Hall–Kier alpha value is -2.60. The third kappa shape index (κ3) is 6.37. The summed E-state index contributed by atoms with van der Waals surface area (Å²) in [7, 11) is 1.57. The Morgan fingerprint density at radius 2 is 1.92 bits per heavy atom. The van der Waals surface area contributed by atoms with Crippen LogP contribution < -0.4 is 0 Å². The number of hydrogen-bond acceptors (Lipinski definition) is 4. The van der Waals surface area contributed by atoms with Crippen molar-refractivity contribution in [1.29, 1.82) is 0 Å². The van der Waals surface area contributed by atoms with Crippen molar-refractivity contribution in [1.82, 2.24) is 4.90 Å². The molecule has 0 heterocycles. The van der Waals surface area contributed by atoms with Crippen molar-refractivity contribution >= 4 is 29.7 Å². The molecule has 136 valence electrons. The summed E-state index contributed by atoms with van der Waals surface area (Å²) < 4.78 is 18.1. The number of nitrogens with zero attached hydrogens (tertiary/aromatic N) is 1. The molecule has 0 aromatic heterocycles. The lowest BCUT2D eigenvalue weighted by molar-refractivity contribution is -0.147. The van der Waals surface area contributed by atoms with E-state index >= 15 is 0 Å². The Morgan fingerprint density at radius 3 is 2.58 bits per heavy atom. The molecule has 26 heavy (non-hydrogen) atoms. The molecular formula is C20H20FNO3S. The number of hydrogen-bond donors (Lipinski definition) is 0. The highest BCUT2D eigenvalue weighted by Gasteiger charge is 2.11. The van der Waals surface area contributed by atoms with Crippen LogP contribution in [0.15, 0.2) is 59.5 Å². The fourth-order valence-corrected chi connectivity index (χ4v) is 2.58. The van der Waals surface area contributed by atoms with Crippen LogP contribution in [0.5, 0.6) is 0 Å². The number of carbonyl (C=O) groups is 2. The zero-order chi connectivity index (χ0) is 18.9. The van der Waals surface area contributed by atoms with Crippen LogP contribution >= 0.6 is 11.8 Å². The van der Waals surface area contributed by atoms with Crippen molar-refractivity contribution in [3.05, 3.63) is 71.6 Å². The highest BCUT2D eigenvalue weighted by atomic mass is 32.2. The van der Waals surface area contributed by atoms with Gasteiger partial charge < -0.3 is 9.64 Å². The van der Waals surface area contributed by atoms with Gasteiger partial charge >= 0.3 is 5.97 Å². The maximum absolute atomic E-state index is 13.2. The Bertz CT molecular complexity index is 790. The van der Waals surface area contributed by atoms with E-state index in [0.29, 0.717) is 5.56 Å². The number of benzene rings is 2. The summed E-state index contributed by atoms with van der Waals surface area (Å²) >= 11 is 1.64. The molecule has 6 heteroatoms. The summed E-state index contributed by atoms with van der Waals surface area (Å²) in [4.78, 5) is 26.3. The quantitative estimate of drug-likeness (QED) is 0.421. The van der Waals surface area contributed by atoms with E-state index in [-0.39, 0.29) is 24.9 Å². The first-order valence-corrected chi connectivity index (χ1v) is 9.17. The van der Waals surface area contributed by atoms with Crippen molar-refractivity contribution < 1.29 is 18.7 Å². The molecule has 0 unspecified atom stereocenters. The van der Waals surface area contributed by atoms with Crippen molar-refractivity contribution in [2.24, 2.45) is 0 Å². The summed E-state index contributed by atoms with van der Waals surface area (Å²) in [5.41, 5.74) is 1.54. The van der Waals surface area contributed by atoms with E-state index in [2.05, 4.69) is 0 Å². The van der Waals surface area contributed by atoms with Crippen LogP contribution in [0.25, 0.3) is 6.08 Å². The second-order valence-corrected chi connectivity index (χ2v) is 6.47. The number of thioether (sulfide) groups is 1. The van der Waals surface area contributed by atoms with Gasteiger partial charge in [-0.05, 0) is 47.7 Å². The Labute approximate surface area is 156 Å². The van der Waals surface area contributed by atoms with Crippen molar-refractivity contribution in [2.45, 2.75) is 11.4 Å². The topological polar surface area (TPSA) is 46.6 Å². The van der Waals surface area contributed by atoms with Crippen LogP contribution in [-0.4, -0.2) is 36.7 Å². The average molecular weight is 373 g/mol. The van der Waals surface area contributed by atoms with Gasteiger partial charge in [-0.2, -0.15) is 0 Å². The fourth-order valence-electron chi connectivity index (χ4n) is 2.17. The first kappa shape index (κ1) is 19.7. The van der Waals surface area contributed by atoms with Crippen LogP contribution in [-0.2, 0) is 20.9 Å². The van der Waals surface area contributed by atoms with E-state index in [0.717, 1.165) is 10.5 Å². The predicted molar refractivity (Wildman–Crippen MR) is 101 cm³/mol. The number of amides is 1. The van der Waals surface area contributed by atoms with Gasteiger partial charge in [0.05, 0.1) is 0 Å². The number of ether oxygens (including phenoxy) is 1. The third-order valence-corrected chi connectivity index (χ3v) is 4.34. The Morgan fingerprint density at radius 1 is 1.19 bits per heavy atom. The molecular weight excluding hydrogens is 353 g/mol. The van der Waals surface area contributed by atoms with Gasteiger partial charge in [-0.25, -0.2) is 9.18 Å². The van der Waals surface area contributed by atoms with Crippen LogP contribution in [0.1, 0.15) is 11.1 Å². The molecule has 0 bridgehead atoms. The fraction of sp³-hybridized carbons (Fsp3) is 0.200. The molecule has 0 aliphatic rings. The van der Waals surface area contributed by atoms with E-state index in [4.69, 9.17) is 4.74 Å². The average Bonchev–Trinajstić information content (AvgIpc) is 2.64. The number of rotatable bonds is 7. The highest BCUT2D eigenvalue weighted by Crippen LogP contribution is 2.15. The maximum atomic E-state index is 13.2. The van der Waals surface area contributed by atoms with Crippen LogP contribution in [0, 0.1) is 5.82 Å². The van der Waals surface area contributed by atoms with Crippen molar-refractivity contribution in [3.8, 4) is 0 Å². The zero-order valence-corrected chi connectivity index (χ0v) is 15.5. The molecule has 0 saturated heterocycles. The summed E-state index contributed by atoms with van der Waals surface area (Å²) in [5, 5.41) is 0. The van der Waals surface area contributed by atoms with Crippen molar-refractivity contribution in [2.75, 3.05) is 19.9 Å². The second-order valence-electron chi connectivity index (χ2n) is 5.59. The van der Waals surface area contributed by atoms with Crippen LogP contribution in [0.2, 0.25) is 0 Å². The molecule has 0 saturated carbocycles. The molecule has 0 aliphatic carbocycles. The van der Waals surface area contributed by atoms with Gasteiger partial charge in [-0.1, -0.05) is 24.3 Å². The smallest absolute Gasteiger partial charge is 0.331 e. The number of carbonyl (C=O) groups excluding carboxylic acids is 2. The van der Waals surface area contributed by atoms with E-state index in [9.17, 15) is 14.0 Å². The van der Waals surface area contributed by atoms with Gasteiger partial charge in [-0.15, -0.1) is 11.8 Å². The van der Waals surface area contributed by atoms with E-state index in [1.54, 1.807) is 37.0 Å². The lowest BCUT2D eigenvalue weighted by atomic mass is 10.2. The van der Waals surface area contributed by atoms with Gasteiger partial charge in [0.2, 0.25) is 0 Å². The Balaban J connectivity index is 1.79. The second kappa shape index (κ2) is 9.77. The maximum Gasteiger partial charge on any atom is 0.331 e. The molecule has 0 aliphatic heterocycles. The lowest BCUT2D eigenvalue weighted by Crippen LogP contribution is -2.30. The zero-order valence-electron chi connectivity index (χ0n) is 14.6. The largest absolute Gasteiger partial charge is 0.452 e. The minimum atomic E-state index is -0.591. The van der Waals surface area contributed by atoms with Gasteiger partial charge in [-0.3, -0.25) is 4.79 Å². The minimum absolute atomic E-state index is 0.242. The molecule has 2 aromatic rings. The molecule has 0 N–H and O–H groups in total. The van der Waals surface area contributed by atoms with Gasteiger partial charge in [0, 0.05) is 24.6 Å². The first-order valence-electron chi connectivity index (χ1n) is 7.95. The molecule has 0 spiro atoms. The van der Waals surface area contributed by atoms with Crippen LogP contribution in [0.3, 0.4) is 0 Å². The Kier molecular flexibility index (Phi) is 7.41. The number of likely N-dealkylation sites (N-methyl/N-ethyl adjacent to an activating group) is 1. The number of halogens is 1. The molecule has 4 nitrogen and oxygen atoms in total. The minimum Gasteiger partial charge on any atom is -0.452 e. The standard InChI is InChI=1S/C20H20FNO3S/c1-22(13-16-4-3-5-17(21)12-16)19(23)14-25-20(24)11-8-15-6-9-18(26-2)10-7-15/h3-12H,13-14H2,1-2H3/b11-8+. The SMILES string of the molecule is CSc1ccc(/C=C/C(=O)OCC(=O)N(C)Cc2cccc(F)c2)cc1.